The van der Waals surface area contributed by atoms with Gasteiger partial charge in [-0.25, -0.2) is 4.98 Å². The normalized spacial score (nSPS) is 17.7. The largest absolute Gasteiger partial charge is 0.325 e. The van der Waals surface area contributed by atoms with Gasteiger partial charge in [0.15, 0.2) is 5.03 Å². The molecule has 0 bridgehead atoms. The molecule has 0 fully saturated rings. The molecule has 13 heavy (non-hydrogen) atoms. The Hall–Kier alpha value is -0.370. The zero-order valence-electron chi connectivity index (χ0n) is 5.86. The Bertz CT molecular complexity index is 346. The smallest absolute Gasteiger partial charge is 0.241 e. The summed E-state index contributed by atoms with van der Waals surface area (Å²) in [5.74, 6) is 0. The van der Waals surface area contributed by atoms with Crippen LogP contribution in [0.25, 0.3) is 0 Å². The summed E-state index contributed by atoms with van der Waals surface area (Å²) < 4.78 is 60.1. The first kappa shape index (κ1) is 10.7. The Morgan fingerprint density at radius 3 is 2.00 bits per heavy atom. The van der Waals surface area contributed by atoms with Gasteiger partial charge in [0.05, 0.1) is 0 Å². The number of rotatable bonds is 1. The fourth-order valence-electron chi connectivity index (χ4n) is 0.596. The average molecular weight is 284 g/mol. The van der Waals surface area contributed by atoms with Crippen molar-refractivity contribution in [1.29, 1.82) is 0 Å². The van der Waals surface area contributed by atoms with Gasteiger partial charge in [-0.3, -0.25) is 0 Å². The van der Waals surface area contributed by atoms with Crippen molar-refractivity contribution in [2.45, 2.75) is 5.03 Å². The van der Waals surface area contributed by atoms with E-state index in [1.807, 2.05) is 0 Å². The van der Waals surface area contributed by atoms with E-state index in [0.717, 1.165) is 6.07 Å². The summed E-state index contributed by atoms with van der Waals surface area (Å²) in [6.07, 6.45) is 0.664. The van der Waals surface area contributed by atoms with E-state index in [-0.39, 0.29) is 10.5 Å². The maximum absolute atomic E-state index is 12.0. The average Bonchev–Trinajstić information content (AvgIpc) is 1.82. The van der Waals surface area contributed by atoms with E-state index in [9.17, 15) is 19.4 Å². The molecule has 0 radical (unpaired) electrons. The first-order valence-corrected chi connectivity index (χ1v) is 5.59. The molecule has 0 aliphatic heterocycles. The highest BCUT2D eigenvalue weighted by atomic mass is 79.9. The van der Waals surface area contributed by atoms with Gasteiger partial charge in [0.1, 0.15) is 0 Å². The monoisotopic (exact) mass is 283 g/mol. The van der Waals surface area contributed by atoms with Crippen molar-refractivity contribution >= 4 is 26.2 Å². The van der Waals surface area contributed by atoms with E-state index < -0.39 is 15.3 Å². The van der Waals surface area contributed by atoms with Gasteiger partial charge in [-0.15, -0.1) is 0 Å². The zero-order chi connectivity index (χ0) is 10.4. The Kier molecular flexibility index (Phi) is 1.78. The van der Waals surface area contributed by atoms with Gasteiger partial charge in [-0.1, -0.05) is 35.4 Å². The summed E-state index contributed by atoms with van der Waals surface area (Å²) in [7, 11) is -9.60. The Morgan fingerprint density at radius 1 is 1.15 bits per heavy atom. The summed E-state index contributed by atoms with van der Waals surface area (Å²) in [5, 5.41) is -2.13. The van der Waals surface area contributed by atoms with Gasteiger partial charge in [0.2, 0.25) is 0 Å². The number of hydrogen-bond donors (Lipinski definition) is 0. The molecule has 0 aliphatic rings. The predicted octanol–water partition coefficient (Wildman–Crippen LogP) is 4.50. The van der Waals surface area contributed by atoms with Gasteiger partial charge >= 0.3 is 10.2 Å². The number of aromatic nitrogens is 1. The maximum atomic E-state index is 12.0. The molecule has 0 amide bonds. The van der Waals surface area contributed by atoms with Crippen molar-refractivity contribution in [2.75, 3.05) is 0 Å². The zero-order valence-corrected chi connectivity index (χ0v) is 8.26. The standard InChI is InChI=1S/C5H3BrF5NS/c6-4-1-2-12-5(3-4)13(7,8,9,10)11/h1-3H. The molecule has 0 unspecified atom stereocenters. The third-order valence-corrected chi connectivity index (χ3v) is 2.60. The highest BCUT2D eigenvalue weighted by Gasteiger charge is 2.67. The summed E-state index contributed by atoms with van der Waals surface area (Å²) >= 11 is 2.65. The number of halogens is 6. The second-order valence-corrected chi connectivity index (χ2v) is 5.55. The van der Waals surface area contributed by atoms with Crippen LogP contribution in [0.3, 0.4) is 0 Å². The van der Waals surface area contributed by atoms with E-state index in [0.29, 0.717) is 6.20 Å². The lowest BCUT2D eigenvalue weighted by Crippen LogP contribution is -2.07. The predicted molar refractivity (Wildman–Crippen MR) is 43.3 cm³/mol. The van der Waals surface area contributed by atoms with E-state index in [1.165, 1.54) is 0 Å². The molecule has 0 spiro atoms. The minimum Gasteiger partial charge on any atom is -0.241 e. The summed E-state index contributed by atoms with van der Waals surface area (Å²) in [6, 6.07) is 1.38. The molecule has 0 saturated carbocycles. The summed E-state index contributed by atoms with van der Waals surface area (Å²) in [4.78, 5) is 2.60. The molecule has 1 heterocycles. The van der Waals surface area contributed by atoms with Crippen molar-refractivity contribution in [3.63, 3.8) is 0 Å². The van der Waals surface area contributed by atoms with Crippen LogP contribution >= 0.6 is 26.2 Å². The first-order valence-electron chi connectivity index (χ1n) is 2.85. The van der Waals surface area contributed by atoms with Gasteiger partial charge in [-0.2, -0.15) is 0 Å². The van der Waals surface area contributed by atoms with Crippen molar-refractivity contribution in [3.05, 3.63) is 22.8 Å². The fourth-order valence-corrected chi connectivity index (χ4v) is 1.69. The molecule has 1 nitrogen and oxygen atoms in total. The number of nitrogens with zero attached hydrogens (tertiary/aromatic N) is 1. The SMILES string of the molecule is FS(F)(F)(F)(F)c1cc(Br)ccn1. The molecule has 76 valence electrons. The van der Waals surface area contributed by atoms with E-state index in [2.05, 4.69) is 20.9 Å². The van der Waals surface area contributed by atoms with E-state index >= 15 is 0 Å². The minimum absolute atomic E-state index is 0.0919. The maximum Gasteiger partial charge on any atom is 0.325 e. The van der Waals surface area contributed by atoms with Crippen LogP contribution in [0.15, 0.2) is 27.8 Å². The Labute approximate surface area is 78.8 Å². The second-order valence-electron chi connectivity index (χ2n) is 2.28. The molecule has 1 aromatic heterocycles. The van der Waals surface area contributed by atoms with E-state index in [4.69, 9.17) is 0 Å². The lowest BCUT2D eigenvalue weighted by molar-refractivity contribution is 0.358. The van der Waals surface area contributed by atoms with Crippen LogP contribution in [-0.2, 0) is 0 Å². The molecular weight excluding hydrogens is 281 g/mol. The third kappa shape index (κ3) is 2.80. The quantitative estimate of drug-likeness (QED) is 0.692. The fraction of sp³-hybridized carbons (Fsp3) is 0. The summed E-state index contributed by atoms with van der Waals surface area (Å²) in [6.45, 7) is 0. The van der Waals surface area contributed by atoms with Gasteiger partial charge in [0.25, 0.3) is 0 Å². The van der Waals surface area contributed by atoms with Gasteiger partial charge < -0.3 is 0 Å². The van der Waals surface area contributed by atoms with Crippen LogP contribution in [0.4, 0.5) is 19.4 Å². The van der Waals surface area contributed by atoms with Gasteiger partial charge in [-0.05, 0) is 12.1 Å². The van der Waals surface area contributed by atoms with Crippen LogP contribution in [0, 0.1) is 0 Å². The summed E-state index contributed by atoms with van der Waals surface area (Å²) in [5.41, 5.74) is 0. The van der Waals surface area contributed by atoms with Crippen LogP contribution in [0.2, 0.25) is 0 Å². The van der Waals surface area contributed by atoms with Crippen LogP contribution in [0.5, 0.6) is 0 Å². The van der Waals surface area contributed by atoms with Crippen molar-refractivity contribution in [1.82, 2.24) is 4.98 Å². The molecule has 0 atom stereocenters. The Morgan fingerprint density at radius 2 is 1.69 bits per heavy atom. The molecule has 0 saturated heterocycles. The minimum atomic E-state index is -9.60. The van der Waals surface area contributed by atoms with Crippen molar-refractivity contribution in [2.24, 2.45) is 0 Å². The second kappa shape index (κ2) is 2.17. The molecular formula is C5H3BrF5NS. The molecule has 8 heteroatoms. The topological polar surface area (TPSA) is 12.9 Å². The first-order chi connectivity index (χ1) is 5.49. The lowest BCUT2D eigenvalue weighted by Gasteiger charge is -2.39. The number of hydrogen-bond acceptors (Lipinski definition) is 1. The highest BCUT2D eigenvalue weighted by molar-refractivity contribution is 9.10. The van der Waals surface area contributed by atoms with Crippen molar-refractivity contribution in [3.8, 4) is 0 Å². The third-order valence-electron chi connectivity index (χ3n) is 1.09. The molecule has 0 aliphatic carbocycles. The molecule has 1 aromatic rings. The van der Waals surface area contributed by atoms with Crippen LogP contribution in [0.1, 0.15) is 0 Å². The van der Waals surface area contributed by atoms with Crippen molar-refractivity contribution < 1.29 is 19.4 Å². The van der Waals surface area contributed by atoms with E-state index in [1.54, 1.807) is 0 Å². The molecule has 0 N–H and O–H groups in total. The Balaban J connectivity index is 3.41. The highest BCUT2D eigenvalue weighted by Crippen LogP contribution is 3.01. The molecule has 1 rings (SSSR count). The van der Waals surface area contributed by atoms with Crippen LogP contribution in [-0.4, -0.2) is 4.98 Å². The molecule has 0 aromatic carbocycles. The van der Waals surface area contributed by atoms with Crippen LogP contribution < -0.4 is 0 Å². The number of pyridine rings is 1. The lowest BCUT2D eigenvalue weighted by atomic mass is 10.5. The van der Waals surface area contributed by atoms with Gasteiger partial charge in [0, 0.05) is 10.7 Å².